The summed E-state index contributed by atoms with van der Waals surface area (Å²) < 4.78 is 15.4. The normalized spacial score (nSPS) is 21.4. The van der Waals surface area contributed by atoms with Gasteiger partial charge >= 0.3 is 0 Å². The summed E-state index contributed by atoms with van der Waals surface area (Å²) in [5.41, 5.74) is 0.722. The predicted molar refractivity (Wildman–Crippen MR) is 75.5 cm³/mol. The Balaban J connectivity index is 1.75. The Hall–Kier alpha value is -2.28. The minimum atomic E-state index is -0.467. The number of hydrogen-bond acceptors (Lipinski definition) is 4. The van der Waals surface area contributed by atoms with Crippen LogP contribution in [0.3, 0.4) is 0 Å². The van der Waals surface area contributed by atoms with Crippen LogP contribution in [0.25, 0.3) is 5.69 Å². The zero-order chi connectivity index (χ0) is 14.8. The van der Waals surface area contributed by atoms with Crippen molar-refractivity contribution in [2.45, 2.75) is 19.4 Å². The van der Waals surface area contributed by atoms with Crippen LogP contribution in [0.5, 0.6) is 0 Å². The van der Waals surface area contributed by atoms with Crippen molar-refractivity contribution in [2.24, 2.45) is 5.92 Å². The van der Waals surface area contributed by atoms with E-state index in [1.165, 1.54) is 23.4 Å². The maximum absolute atomic E-state index is 14.1. The summed E-state index contributed by atoms with van der Waals surface area (Å²) in [6.45, 7) is 2.86. The van der Waals surface area contributed by atoms with Crippen LogP contribution in [0.15, 0.2) is 30.9 Å². The minimum Gasteiger partial charge on any atom is -0.325 e. The number of halogens is 1. The van der Waals surface area contributed by atoms with E-state index in [-0.39, 0.29) is 23.6 Å². The van der Waals surface area contributed by atoms with Gasteiger partial charge in [-0.2, -0.15) is 5.10 Å². The van der Waals surface area contributed by atoms with E-state index in [1.807, 2.05) is 6.92 Å². The van der Waals surface area contributed by atoms with Gasteiger partial charge in [-0.05, 0) is 37.1 Å². The highest BCUT2D eigenvalue weighted by Gasteiger charge is 2.29. The summed E-state index contributed by atoms with van der Waals surface area (Å²) in [5.74, 6) is -0.317. The van der Waals surface area contributed by atoms with Gasteiger partial charge in [-0.15, -0.1) is 0 Å². The van der Waals surface area contributed by atoms with Crippen molar-refractivity contribution >= 4 is 11.6 Å². The summed E-state index contributed by atoms with van der Waals surface area (Å²) in [6.07, 6.45) is 3.72. The SMILES string of the molecule is CC1CCNC1C(=O)Nc1ccc(-n2cncn2)c(F)c1. The third-order valence-electron chi connectivity index (χ3n) is 3.70. The van der Waals surface area contributed by atoms with Crippen LogP contribution in [0.4, 0.5) is 10.1 Å². The van der Waals surface area contributed by atoms with E-state index in [4.69, 9.17) is 0 Å². The van der Waals surface area contributed by atoms with Gasteiger partial charge in [0.15, 0.2) is 5.82 Å². The highest BCUT2D eigenvalue weighted by Crippen LogP contribution is 2.20. The van der Waals surface area contributed by atoms with E-state index in [9.17, 15) is 9.18 Å². The number of hydrogen-bond donors (Lipinski definition) is 2. The zero-order valence-corrected chi connectivity index (χ0v) is 11.6. The second kappa shape index (κ2) is 5.61. The second-order valence-corrected chi connectivity index (χ2v) is 5.19. The highest BCUT2D eigenvalue weighted by molar-refractivity contribution is 5.95. The Morgan fingerprint density at radius 1 is 1.52 bits per heavy atom. The average molecular weight is 289 g/mol. The maximum atomic E-state index is 14.1. The van der Waals surface area contributed by atoms with Crippen LogP contribution in [0, 0.1) is 11.7 Å². The topological polar surface area (TPSA) is 71.8 Å². The van der Waals surface area contributed by atoms with Crippen LogP contribution in [-0.2, 0) is 4.79 Å². The molecule has 1 aromatic heterocycles. The molecule has 1 aliphatic heterocycles. The fourth-order valence-corrected chi connectivity index (χ4v) is 2.51. The van der Waals surface area contributed by atoms with Gasteiger partial charge < -0.3 is 10.6 Å². The molecule has 0 bridgehead atoms. The van der Waals surface area contributed by atoms with Crippen LogP contribution < -0.4 is 10.6 Å². The fourth-order valence-electron chi connectivity index (χ4n) is 2.51. The molecular formula is C14H16FN5O. The monoisotopic (exact) mass is 289 g/mol. The second-order valence-electron chi connectivity index (χ2n) is 5.19. The van der Waals surface area contributed by atoms with E-state index in [0.717, 1.165) is 13.0 Å². The molecule has 1 aromatic carbocycles. The molecule has 2 aromatic rings. The number of nitrogens with zero attached hydrogens (tertiary/aromatic N) is 3. The minimum absolute atomic E-state index is 0.132. The smallest absolute Gasteiger partial charge is 0.241 e. The summed E-state index contributed by atoms with van der Waals surface area (Å²) in [5, 5.41) is 9.77. The van der Waals surface area contributed by atoms with E-state index >= 15 is 0 Å². The maximum Gasteiger partial charge on any atom is 0.241 e. The third kappa shape index (κ3) is 2.78. The van der Waals surface area contributed by atoms with Crippen molar-refractivity contribution in [1.29, 1.82) is 0 Å². The van der Waals surface area contributed by atoms with Gasteiger partial charge in [0, 0.05) is 5.69 Å². The van der Waals surface area contributed by atoms with E-state index < -0.39 is 5.82 Å². The predicted octanol–water partition coefficient (Wildman–Crippen LogP) is 1.34. The molecule has 0 saturated carbocycles. The number of carbonyl (C=O) groups excluding carboxylic acids is 1. The van der Waals surface area contributed by atoms with Gasteiger partial charge in [-0.3, -0.25) is 4.79 Å². The average Bonchev–Trinajstić information content (AvgIpc) is 3.10. The van der Waals surface area contributed by atoms with Gasteiger partial charge in [-0.1, -0.05) is 6.92 Å². The Labute approximate surface area is 121 Å². The van der Waals surface area contributed by atoms with Gasteiger partial charge in [0.05, 0.1) is 6.04 Å². The molecule has 1 aliphatic rings. The lowest BCUT2D eigenvalue weighted by atomic mass is 10.0. The van der Waals surface area contributed by atoms with Gasteiger partial charge in [0.1, 0.15) is 18.3 Å². The molecule has 1 fully saturated rings. The molecule has 110 valence electrons. The van der Waals surface area contributed by atoms with Gasteiger partial charge in [-0.25, -0.2) is 14.1 Å². The van der Waals surface area contributed by atoms with Crippen LogP contribution in [0.1, 0.15) is 13.3 Å². The Kier molecular flexibility index (Phi) is 3.66. The van der Waals surface area contributed by atoms with E-state index in [0.29, 0.717) is 5.69 Å². The van der Waals surface area contributed by atoms with Crippen molar-refractivity contribution in [3.05, 3.63) is 36.7 Å². The van der Waals surface area contributed by atoms with Crippen molar-refractivity contribution in [1.82, 2.24) is 20.1 Å². The number of benzene rings is 1. The number of carbonyl (C=O) groups is 1. The molecule has 1 amide bonds. The lowest BCUT2D eigenvalue weighted by molar-refractivity contribution is -0.118. The number of amides is 1. The molecular weight excluding hydrogens is 273 g/mol. The molecule has 2 atom stereocenters. The standard InChI is InChI=1S/C14H16FN5O/c1-9-4-5-17-13(9)14(21)19-10-2-3-12(11(15)6-10)20-8-16-7-18-20/h2-3,6-9,13,17H,4-5H2,1H3,(H,19,21). The van der Waals surface area contributed by atoms with Gasteiger partial charge in [0.2, 0.25) is 5.91 Å². The molecule has 2 heterocycles. The van der Waals surface area contributed by atoms with Crippen molar-refractivity contribution in [3.63, 3.8) is 0 Å². The molecule has 6 nitrogen and oxygen atoms in total. The van der Waals surface area contributed by atoms with Crippen molar-refractivity contribution in [2.75, 3.05) is 11.9 Å². The first kappa shape index (κ1) is 13.7. The summed E-state index contributed by atoms with van der Waals surface area (Å²) in [6, 6.07) is 4.28. The van der Waals surface area contributed by atoms with Crippen molar-refractivity contribution < 1.29 is 9.18 Å². The zero-order valence-electron chi connectivity index (χ0n) is 11.6. The van der Waals surface area contributed by atoms with Crippen molar-refractivity contribution in [3.8, 4) is 5.69 Å². The first-order valence-corrected chi connectivity index (χ1v) is 6.84. The quantitative estimate of drug-likeness (QED) is 0.894. The lowest BCUT2D eigenvalue weighted by Gasteiger charge is -2.15. The number of aromatic nitrogens is 3. The van der Waals surface area contributed by atoms with Gasteiger partial charge in [0.25, 0.3) is 0 Å². The summed E-state index contributed by atoms with van der Waals surface area (Å²) >= 11 is 0. The first-order chi connectivity index (χ1) is 10.1. The molecule has 21 heavy (non-hydrogen) atoms. The largest absolute Gasteiger partial charge is 0.325 e. The molecule has 0 radical (unpaired) electrons. The molecule has 7 heteroatoms. The molecule has 1 saturated heterocycles. The van der Waals surface area contributed by atoms with Crippen LogP contribution >= 0.6 is 0 Å². The van der Waals surface area contributed by atoms with E-state index in [2.05, 4.69) is 20.7 Å². The Morgan fingerprint density at radius 3 is 3.00 bits per heavy atom. The molecule has 2 N–H and O–H groups in total. The molecule has 0 aliphatic carbocycles. The lowest BCUT2D eigenvalue weighted by Crippen LogP contribution is -2.39. The highest BCUT2D eigenvalue weighted by atomic mass is 19.1. The molecule has 3 rings (SSSR count). The summed E-state index contributed by atoms with van der Waals surface area (Å²) in [4.78, 5) is 15.9. The Morgan fingerprint density at radius 2 is 2.38 bits per heavy atom. The fraction of sp³-hybridized carbons (Fsp3) is 0.357. The number of rotatable bonds is 3. The number of nitrogens with one attached hydrogen (secondary N) is 2. The molecule has 0 spiro atoms. The Bertz CT molecular complexity index is 643. The molecule has 2 unspecified atom stereocenters. The first-order valence-electron chi connectivity index (χ1n) is 6.84. The van der Waals surface area contributed by atoms with Crippen LogP contribution in [-0.4, -0.2) is 33.3 Å². The third-order valence-corrected chi connectivity index (χ3v) is 3.70. The van der Waals surface area contributed by atoms with E-state index in [1.54, 1.807) is 12.1 Å². The summed E-state index contributed by atoms with van der Waals surface area (Å²) in [7, 11) is 0. The number of anilines is 1. The van der Waals surface area contributed by atoms with Crippen LogP contribution in [0.2, 0.25) is 0 Å².